The van der Waals surface area contributed by atoms with Crippen LogP contribution in [0.5, 0.6) is 0 Å². The van der Waals surface area contributed by atoms with Crippen LogP contribution >= 0.6 is 15.9 Å². The van der Waals surface area contributed by atoms with E-state index in [0.29, 0.717) is 4.47 Å². The molecule has 0 heterocycles. The summed E-state index contributed by atoms with van der Waals surface area (Å²) >= 11 is 3.16. The van der Waals surface area contributed by atoms with Crippen molar-refractivity contribution in [1.29, 1.82) is 0 Å². The van der Waals surface area contributed by atoms with Gasteiger partial charge in [0.25, 0.3) is 0 Å². The van der Waals surface area contributed by atoms with Crippen LogP contribution < -0.4 is 0 Å². The van der Waals surface area contributed by atoms with Crippen molar-refractivity contribution in [3.05, 3.63) is 28.2 Å². The molecule has 0 spiro atoms. The van der Waals surface area contributed by atoms with E-state index in [1.54, 1.807) is 0 Å². The third kappa shape index (κ3) is 4.51. The van der Waals surface area contributed by atoms with Crippen LogP contribution in [0, 0.1) is 0 Å². The number of benzene rings is 1. The van der Waals surface area contributed by atoms with Crippen LogP contribution in [0.25, 0.3) is 0 Å². The van der Waals surface area contributed by atoms with Gasteiger partial charge in [-0.25, -0.2) is 13.2 Å². The average molecular weight is 355 g/mol. The molecule has 1 atom stereocenters. The molecular weight excluding hydrogens is 344 g/mol. The van der Waals surface area contributed by atoms with Gasteiger partial charge >= 0.3 is 5.97 Å². The van der Waals surface area contributed by atoms with Crippen LogP contribution in [0.3, 0.4) is 0 Å². The summed E-state index contributed by atoms with van der Waals surface area (Å²) in [6, 6.07) is 4.29. The van der Waals surface area contributed by atoms with Crippen molar-refractivity contribution in [2.24, 2.45) is 0 Å². The predicted molar refractivity (Wildman–Crippen MR) is 72.1 cm³/mol. The Bertz CT molecular complexity index is 594. The molecule has 0 aliphatic carbocycles. The lowest BCUT2D eigenvalue weighted by Gasteiger charge is -2.06. The number of rotatable bonds is 5. The molecule has 0 radical (unpaired) electrons. The Morgan fingerprint density at radius 3 is 2.56 bits per heavy atom. The first-order chi connectivity index (χ1) is 8.20. The van der Waals surface area contributed by atoms with Crippen LogP contribution in [0.1, 0.15) is 10.4 Å². The fourth-order valence-electron chi connectivity index (χ4n) is 1.20. The van der Waals surface area contributed by atoms with Gasteiger partial charge in [-0.2, -0.15) is 0 Å². The maximum absolute atomic E-state index is 11.9. The zero-order valence-electron chi connectivity index (χ0n) is 9.42. The predicted octanol–water partition coefficient (Wildman–Crippen LogP) is 1.30. The Labute approximate surface area is 116 Å². The lowest BCUT2D eigenvalue weighted by molar-refractivity contribution is 0.0693. The fraction of sp³-hybridized carbons (Fsp3) is 0.300. The van der Waals surface area contributed by atoms with Crippen molar-refractivity contribution in [2.45, 2.75) is 4.90 Å². The Hall–Kier alpha value is -0.730. The molecule has 0 bridgehead atoms. The summed E-state index contributed by atoms with van der Waals surface area (Å²) in [6.45, 7) is 0. The lowest BCUT2D eigenvalue weighted by atomic mass is 10.2. The molecule has 0 aliphatic rings. The van der Waals surface area contributed by atoms with E-state index in [1.165, 1.54) is 18.2 Å². The third-order valence-electron chi connectivity index (χ3n) is 2.06. The molecule has 0 saturated heterocycles. The van der Waals surface area contributed by atoms with Crippen LogP contribution in [-0.2, 0) is 20.6 Å². The highest BCUT2D eigenvalue weighted by Crippen LogP contribution is 2.20. The van der Waals surface area contributed by atoms with Crippen molar-refractivity contribution in [3.63, 3.8) is 0 Å². The SMILES string of the molecule is CS(=O)(=O)CCS(=O)c1cc(Br)ccc1C(=O)O. The summed E-state index contributed by atoms with van der Waals surface area (Å²) in [5, 5.41) is 8.97. The molecule has 5 nitrogen and oxygen atoms in total. The molecule has 100 valence electrons. The standard InChI is InChI=1S/C10H11BrO5S2/c1-18(15,16)5-4-17(14)9-6-7(11)2-3-8(9)10(12)13/h2-3,6H,4-5H2,1H3,(H,12,13). The number of sulfone groups is 1. The van der Waals surface area contributed by atoms with Crippen LogP contribution in [0.2, 0.25) is 0 Å². The second kappa shape index (κ2) is 5.94. The average Bonchev–Trinajstić information content (AvgIpc) is 2.24. The highest BCUT2D eigenvalue weighted by Gasteiger charge is 2.17. The molecule has 0 aromatic heterocycles. The number of carboxylic acids is 1. The molecule has 1 aromatic rings. The van der Waals surface area contributed by atoms with Crippen molar-refractivity contribution in [3.8, 4) is 0 Å². The monoisotopic (exact) mass is 354 g/mol. The van der Waals surface area contributed by atoms with E-state index in [-0.39, 0.29) is 22.0 Å². The molecule has 8 heteroatoms. The number of hydrogen-bond acceptors (Lipinski definition) is 4. The summed E-state index contributed by atoms with van der Waals surface area (Å²) in [6.07, 6.45) is 1.04. The van der Waals surface area contributed by atoms with Crippen molar-refractivity contribution in [2.75, 3.05) is 17.8 Å². The largest absolute Gasteiger partial charge is 0.478 e. The highest BCUT2D eigenvalue weighted by atomic mass is 79.9. The van der Waals surface area contributed by atoms with Gasteiger partial charge in [0.1, 0.15) is 9.84 Å². The Balaban J connectivity index is 3.04. The molecule has 1 rings (SSSR count). The highest BCUT2D eigenvalue weighted by molar-refractivity contribution is 9.10. The summed E-state index contributed by atoms with van der Waals surface area (Å²) in [5.74, 6) is -1.55. The van der Waals surface area contributed by atoms with E-state index in [4.69, 9.17) is 5.11 Å². The van der Waals surface area contributed by atoms with Crippen molar-refractivity contribution in [1.82, 2.24) is 0 Å². The maximum Gasteiger partial charge on any atom is 0.336 e. The second-order valence-electron chi connectivity index (χ2n) is 3.63. The normalized spacial score (nSPS) is 13.2. The lowest BCUT2D eigenvalue weighted by Crippen LogP contribution is -2.14. The summed E-state index contributed by atoms with van der Waals surface area (Å²) < 4.78 is 34.5. The molecule has 1 aromatic carbocycles. The van der Waals surface area contributed by atoms with Gasteiger partial charge in [-0.1, -0.05) is 15.9 Å². The van der Waals surface area contributed by atoms with E-state index in [9.17, 15) is 17.4 Å². The molecule has 1 unspecified atom stereocenters. The summed E-state index contributed by atoms with van der Waals surface area (Å²) in [4.78, 5) is 11.1. The zero-order valence-corrected chi connectivity index (χ0v) is 12.6. The zero-order chi connectivity index (χ0) is 13.9. The molecule has 0 amide bonds. The van der Waals surface area contributed by atoms with E-state index in [0.717, 1.165) is 6.26 Å². The minimum Gasteiger partial charge on any atom is -0.478 e. The van der Waals surface area contributed by atoms with Gasteiger partial charge in [0, 0.05) is 16.5 Å². The first-order valence-electron chi connectivity index (χ1n) is 4.79. The smallest absolute Gasteiger partial charge is 0.336 e. The molecule has 1 N–H and O–H groups in total. The first-order valence-corrected chi connectivity index (χ1v) is 8.97. The van der Waals surface area contributed by atoms with E-state index >= 15 is 0 Å². The maximum atomic E-state index is 11.9. The Morgan fingerprint density at radius 1 is 1.44 bits per heavy atom. The first kappa shape index (κ1) is 15.3. The minimum absolute atomic E-state index is 0.0787. The third-order valence-corrected chi connectivity index (χ3v) is 5.16. The van der Waals surface area contributed by atoms with E-state index in [1.807, 2.05) is 0 Å². The number of halogens is 1. The van der Waals surface area contributed by atoms with E-state index in [2.05, 4.69) is 15.9 Å². The molecular formula is C10H11BrO5S2. The van der Waals surface area contributed by atoms with Gasteiger partial charge in [-0.15, -0.1) is 0 Å². The number of aromatic carboxylic acids is 1. The van der Waals surface area contributed by atoms with E-state index < -0.39 is 26.6 Å². The fourth-order valence-corrected chi connectivity index (χ4v) is 4.41. The van der Waals surface area contributed by atoms with Crippen LogP contribution in [0.15, 0.2) is 27.6 Å². The number of hydrogen-bond donors (Lipinski definition) is 1. The molecule has 0 saturated carbocycles. The topological polar surface area (TPSA) is 88.5 Å². The van der Waals surface area contributed by atoms with Gasteiger partial charge < -0.3 is 5.11 Å². The minimum atomic E-state index is -3.22. The summed E-state index contributed by atoms with van der Waals surface area (Å²) in [5.41, 5.74) is -0.0787. The van der Waals surface area contributed by atoms with Gasteiger partial charge in [0.05, 0.1) is 27.0 Å². The molecule has 0 aliphatic heterocycles. The second-order valence-corrected chi connectivity index (χ2v) is 8.34. The van der Waals surface area contributed by atoms with Gasteiger partial charge in [-0.05, 0) is 18.2 Å². The quantitative estimate of drug-likeness (QED) is 0.860. The van der Waals surface area contributed by atoms with Crippen LogP contribution in [-0.4, -0.2) is 41.5 Å². The van der Waals surface area contributed by atoms with Crippen molar-refractivity contribution < 1.29 is 22.5 Å². The summed E-state index contributed by atoms with van der Waals surface area (Å²) in [7, 11) is -4.88. The Kier molecular flexibility index (Phi) is 5.06. The molecule has 18 heavy (non-hydrogen) atoms. The van der Waals surface area contributed by atoms with Crippen LogP contribution in [0.4, 0.5) is 0 Å². The molecule has 0 fully saturated rings. The van der Waals surface area contributed by atoms with Gasteiger partial charge in [-0.3, -0.25) is 4.21 Å². The van der Waals surface area contributed by atoms with Crippen molar-refractivity contribution >= 4 is 42.5 Å². The van der Waals surface area contributed by atoms with Gasteiger partial charge in [0.2, 0.25) is 0 Å². The number of carboxylic acid groups (broad SMARTS) is 1. The van der Waals surface area contributed by atoms with Gasteiger partial charge in [0.15, 0.2) is 0 Å². The number of carbonyl (C=O) groups is 1. The Morgan fingerprint density at radius 2 is 2.06 bits per heavy atom.